The standard InChI is InChI=1S/C18H27NO3/c1-12-8-13(2)15(14(3)9-12)10-18(7,11-20)19-16(21)22-17(4,5)6/h8-9,11H,10H2,1-7H3,(H,19,21). The summed E-state index contributed by atoms with van der Waals surface area (Å²) in [6, 6.07) is 4.17. The molecule has 0 aromatic heterocycles. The molecule has 4 heteroatoms. The van der Waals surface area contributed by atoms with Gasteiger partial charge in [0.25, 0.3) is 0 Å². The third-order valence-corrected chi connectivity index (χ3v) is 3.43. The monoisotopic (exact) mass is 305 g/mol. The van der Waals surface area contributed by atoms with Crippen LogP contribution in [-0.2, 0) is 16.0 Å². The van der Waals surface area contributed by atoms with Gasteiger partial charge in [-0.15, -0.1) is 0 Å². The molecule has 4 nitrogen and oxygen atoms in total. The van der Waals surface area contributed by atoms with Crippen molar-refractivity contribution in [3.63, 3.8) is 0 Å². The highest BCUT2D eigenvalue weighted by Gasteiger charge is 2.30. The van der Waals surface area contributed by atoms with Crippen molar-refractivity contribution in [1.82, 2.24) is 5.32 Å². The number of amides is 1. The first-order valence-electron chi connectivity index (χ1n) is 7.50. The molecule has 0 fully saturated rings. The molecule has 122 valence electrons. The zero-order valence-corrected chi connectivity index (χ0v) is 14.7. The Kier molecular flexibility index (Phi) is 5.39. The third kappa shape index (κ3) is 5.17. The number of hydrogen-bond donors (Lipinski definition) is 1. The summed E-state index contributed by atoms with van der Waals surface area (Å²) >= 11 is 0. The Morgan fingerprint density at radius 2 is 1.64 bits per heavy atom. The van der Waals surface area contributed by atoms with Crippen LogP contribution in [0.4, 0.5) is 4.79 Å². The summed E-state index contributed by atoms with van der Waals surface area (Å²) in [5.41, 5.74) is 2.92. The minimum absolute atomic E-state index is 0.438. The molecule has 22 heavy (non-hydrogen) atoms. The second-order valence-corrected chi connectivity index (χ2v) is 7.22. The summed E-state index contributed by atoms with van der Waals surface area (Å²) < 4.78 is 5.24. The van der Waals surface area contributed by atoms with Gasteiger partial charge in [-0.05, 0) is 65.2 Å². The Morgan fingerprint density at radius 3 is 2.05 bits per heavy atom. The van der Waals surface area contributed by atoms with Crippen molar-refractivity contribution in [1.29, 1.82) is 0 Å². The van der Waals surface area contributed by atoms with Crippen LogP contribution in [0.3, 0.4) is 0 Å². The quantitative estimate of drug-likeness (QED) is 0.864. The molecule has 0 spiro atoms. The summed E-state index contributed by atoms with van der Waals surface area (Å²) in [7, 11) is 0. The van der Waals surface area contributed by atoms with Crippen LogP contribution in [0.25, 0.3) is 0 Å². The Hall–Kier alpha value is -1.84. The smallest absolute Gasteiger partial charge is 0.408 e. The number of nitrogens with one attached hydrogen (secondary N) is 1. The maximum atomic E-state index is 12.0. The van der Waals surface area contributed by atoms with Crippen LogP contribution in [0.15, 0.2) is 12.1 Å². The van der Waals surface area contributed by atoms with Gasteiger partial charge in [-0.2, -0.15) is 0 Å². The van der Waals surface area contributed by atoms with Gasteiger partial charge in [0.1, 0.15) is 17.4 Å². The lowest BCUT2D eigenvalue weighted by Gasteiger charge is -2.28. The Labute approximate surface area is 133 Å². The molecule has 1 aromatic rings. The van der Waals surface area contributed by atoms with Crippen molar-refractivity contribution in [3.05, 3.63) is 34.4 Å². The van der Waals surface area contributed by atoms with Crippen LogP contribution in [0.1, 0.15) is 49.9 Å². The average Bonchev–Trinajstić information content (AvgIpc) is 2.31. The van der Waals surface area contributed by atoms with Crippen molar-refractivity contribution in [3.8, 4) is 0 Å². The predicted molar refractivity (Wildman–Crippen MR) is 88.2 cm³/mol. The Morgan fingerprint density at radius 1 is 1.14 bits per heavy atom. The highest BCUT2D eigenvalue weighted by Crippen LogP contribution is 2.21. The van der Waals surface area contributed by atoms with Crippen molar-refractivity contribution in [2.24, 2.45) is 0 Å². The molecule has 1 amide bonds. The summed E-state index contributed by atoms with van der Waals surface area (Å²) in [4.78, 5) is 23.5. The summed E-state index contributed by atoms with van der Waals surface area (Å²) in [6.45, 7) is 13.2. The molecule has 1 N–H and O–H groups in total. The second kappa shape index (κ2) is 6.51. The van der Waals surface area contributed by atoms with E-state index < -0.39 is 17.2 Å². The molecule has 0 aliphatic carbocycles. The lowest BCUT2D eigenvalue weighted by Crippen LogP contribution is -2.50. The van der Waals surface area contributed by atoms with Crippen LogP contribution in [0.5, 0.6) is 0 Å². The normalized spacial score (nSPS) is 14.1. The SMILES string of the molecule is Cc1cc(C)c(CC(C)(C=O)NC(=O)OC(C)(C)C)c(C)c1. The van der Waals surface area contributed by atoms with E-state index in [2.05, 4.69) is 17.4 Å². The van der Waals surface area contributed by atoms with E-state index in [0.29, 0.717) is 6.42 Å². The fourth-order valence-electron chi connectivity index (χ4n) is 2.51. The van der Waals surface area contributed by atoms with Crippen LogP contribution >= 0.6 is 0 Å². The third-order valence-electron chi connectivity index (χ3n) is 3.43. The Balaban J connectivity index is 2.96. The first-order valence-corrected chi connectivity index (χ1v) is 7.50. The number of carbonyl (C=O) groups excluding carboxylic acids is 2. The van der Waals surface area contributed by atoms with E-state index in [4.69, 9.17) is 4.74 Å². The zero-order valence-electron chi connectivity index (χ0n) is 14.7. The summed E-state index contributed by atoms with van der Waals surface area (Å²) in [5, 5.41) is 2.69. The Bertz CT molecular complexity index is 549. The van der Waals surface area contributed by atoms with Crippen molar-refractivity contribution >= 4 is 12.4 Å². The first kappa shape index (κ1) is 18.2. The van der Waals surface area contributed by atoms with E-state index in [1.807, 2.05) is 20.8 Å². The zero-order chi connectivity index (χ0) is 17.1. The largest absolute Gasteiger partial charge is 0.444 e. The van der Waals surface area contributed by atoms with Crippen molar-refractivity contribution in [2.45, 2.75) is 66.0 Å². The molecule has 0 saturated heterocycles. The minimum Gasteiger partial charge on any atom is -0.444 e. The molecular formula is C18H27NO3. The highest BCUT2D eigenvalue weighted by molar-refractivity contribution is 5.76. The topological polar surface area (TPSA) is 55.4 Å². The van der Waals surface area contributed by atoms with Crippen LogP contribution in [0, 0.1) is 20.8 Å². The van der Waals surface area contributed by atoms with Gasteiger partial charge in [-0.1, -0.05) is 17.7 Å². The number of ether oxygens (including phenoxy) is 1. The average molecular weight is 305 g/mol. The number of alkyl carbamates (subject to hydrolysis) is 1. The van der Waals surface area contributed by atoms with Gasteiger partial charge in [-0.25, -0.2) is 4.79 Å². The van der Waals surface area contributed by atoms with E-state index in [1.165, 1.54) is 5.56 Å². The number of aldehydes is 1. The van der Waals surface area contributed by atoms with Crippen molar-refractivity contribution < 1.29 is 14.3 Å². The van der Waals surface area contributed by atoms with Gasteiger partial charge in [0.2, 0.25) is 0 Å². The number of aryl methyl sites for hydroxylation is 3. The van der Waals surface area contributed by atoms with Gasteiger partial charge in [0, 0.05) is 6.42 Å². The van der Waals surface area contributed by atoms with Gasteiger partial charge < -0.3 is 14.8 Å². The summed E-state index contributed by atoms with van der Waals surface area (Å²) in [6.07, 6.45) is 0.633. The molecule has 1 aromatic carbocycles. The number of rotatable bonds is 4. The molecule has 0 aliphatic heterocycles. The highest BCUT2D eigenvalue weighted by atomic mass is 16.6. The van der Waals surface area contributed by atoms with E-state index in [1.54, 1.807) is 27.7 Å². The van der Waals surface area contributed by atoms with Crippen LogP contribution < -0.4 is 5.32 Å². The number of carbonyl (C=O) groups is 2. The van der Waals surface area contributed by atoms with Gasteiger partial charge in [0.15, 0.2) is 0 Å². The molecular weight excluding hydrogens is 278 g/mol. The van der Waals surface area contributed by atoms with Gasteiger partial charge in [0.05, 0.1) is 0 Å². The molecule has 0 radical (unpaired) electrons. The first-order chi connectivity index (χ1) is 9.96. The minimum atomic E-state index is -0.993. The maximum absolute atomic E-state index is 12.0. The molecule has 0 saturated carbocycles. The fraction of sp³-hybridized carbons (Fsp3) is 0.556. The van der Waals surface area contributed by atoms with Crippen LogP contribution in [0.2, 0.25) is 0 Å². The fourth-order valence-corrected chi connectivity index (χ4v) is 2.51. The van der Waals surface area contributed by atoms with E-state index >= 15 is 0 Å². The molecule has 0 aliphatic rings. The number of benzene rings is 1. The maximum Gasteiger partial charge on any atom is 0.408 e. The van der Waals surface area contributed by atoms with Crippen LogP contribution in [-0.4, -0.2) is 23.5 Å². The van der Waals surface area contributed by atoms with Gasteiger partial charge >= 0.3 is 6.09 Å². The molecule has 0 bridgehead atoms. The molecule has 1 atom stereocenters. The molecule has 0 heterocycles. The van der Waals surface area contributed by atoms with Crippen molar-refractivity contribution in [2.75, 3.05) is 0 Å². The predicted octanol–water partition coefficient (Wildman–Crippen LogP) is 3.64. The van der Waals surface area contributed by atoms with E-state index in [-0.39, 0.29) is 0 Å². The molecule has 1 unspecified atom stereocenters. The number of hydrogen-bond acceptors (Lipinski definition) is 3. The van der Waals surface area contributed by atoms with E-state index in [9.17, 15) is 9.59 Å². The second-order valence-electron chi connectivity index (χ2n) is 7.22. The summed E-state index contributed by atoms with van der Waals surface area (Å²) in [5.74, 6) is 0. The van der Waals surface area contributed by atoms with E-state index in [0.717, 1.165) is 23.0 Å². The molecule has 1 rings (SSSR count). The lowest BCUT2D eigenvalue weighted by molar-refractivity contribution is -0.112. The lowest BCUT2D eigenvalue weighted by atomic mass is 9.88. The van der Waals surface area contributed by atoms with Gasteiger partial charge in [-0.3, -0.25) is 0 Å².